The lowest BCUT2D eigenvalue weighted by molar-refractivity contribution is 0.112. The highest BCUT2D eigenvalue weighted by Crippen LogP contribution is 2.18. The number of hydrogen-bond donors (Lipinski definition) is 0. The smallest absolute Gasteiger partial charge is 0.150 e. The Balaban J connectivity index is 2.90. The van der Waals surface area contributed by atoms with Gasteiger partial charge in [-0.3, -0.25) is 9.79 Å². The van der Waals surface area contributed by atoms with E-state index in [4.69, 9.17) is 0 Å². The molecule has 0 bridgehead atoms. The van der Waals surface area contributed by atoms with Gasteiger partial charge in [0.25, 0.3) is 0 Å². The van der Waals surface area contributed by atoms with Crippen molar-refractivity contribution < 1.29 is 4.79 Å². The van der Waals surface area contributed by atoms with Crippen LogP contribution in [0.5, 0.6) is 0 Å². The molecule has 1 atom stereocenters. The van der Waals surface area contributed by atoms with Crippen LogP contribution in [-0.2, 0) is 0 Å². The molecular formula is C15H19NO. The molecule has 2 nitrogen and oxygen atoms in total. The summed E-state index contributed by atoms with van der Waals surface area (Å²) >= 11 is 0. The second-order valence-electron chi connectivity index (χ2n) is 3.97. The van der Waals surface area contributed by atoms with Gasteiger partial charge in [0, 0.05) is 24.2 Å². The molecule has 0 amide bonds. The van der Waals surface area contributed by atoms with Gasteiger partial charge in [-0.15, -0.1) is 0 Å². The number of aliphatic imine (C=N–C) groups is 1. The third kappa shape index (κ3) is 3.66. The van der Waals surface area contributed by atoms with Gasteiger partial charge in [0.1, 0.15) is 6.29 Å². The van der Waals surface area contributed by atoms with Crippen LogP contribution in [0.15, 0.2) is 41.4 Å². The molecule has 0 aliphatic heterocycles. The van der Waals surface area contributed by atoms with Crippen molar-refractivity contribution in [1.29, 1.82) is 0 Å². The Kier molecular flexibility index (Phi) is 5.34. The molecule has 0 saturated carbocycles. The van der Waals surface area contributed by atoms with Crippen molar-refractivity contribution in [3.63, 3.8) is 0 Å². The predicted octanol–water partition coefficient (Wildman–Crippen LogP) is 3.64. The quantitative estimate of drug-likeness (QED) is 0.560. The van der Waals surface area contributed by atoms with Gasteiger partial charge in [-0.1, -0.05) is 44.2 Å². The van der Waals surface area contributed by atoms with Crippen LogP contribution in [0, 0.1) is 0 Å². The van der Waals surface area contributed by atoms with Gasteiger partial charge in [0.05, 0.1) is 0 Å². The van der Waals surface area contributed by atoms with Crippen molar-refractivity contribution >= 4 is 12.0 Å². The fourth-order valence-electron chi connectivity index (χ4n) is 1.69. The lowest BCUT2D eigenvalue weighted by atomic mass is 9.94. The highest BCUT2D eigenvalue weighted by atomic mass is 16.1. The van der Waals surface area contributed by atoms with E-state index in [2.05, 4.69) is 31.0 Å². The summed E-state index contributed by atoms with van der Waals surface area (Å²) in [5.41, 5.74) is 2.95. The Morgan fingerprint density at radius 3 is 2.47 bits per heavy atom. The van der Waals surface area contributed by atoms with Gasteiger partial charge in [0.15, 0.2) is 0 Å². The summed E-state index contributed by atoms with van der Waals surface area (Å²) in [6.45, 7) is 4.23. The van der Waals surface area contributed by atoms with Gasteiger partial charge >= 0.3 is 0 Å². The van der Waals surface area contributed by atoms with Crippen LogP contribution < -0.4 is 0 Å². The lowest BCUT2D eigenvalue weighted by Gasteiger charge is -2.12. The summed E-state index contributed by atoms with van der Waals surface area (Å²) in [5.74, 6) is 0.253. The van der Waals surface area contributed by atoms with Crippen LogP contribution in [0.4, 0.5) is 0 Å². The van der Waals surface area contributed by atoms with Crippen molar-refractivity contribution in [3.05, 3.63) is 47.5 Å². The molecule has 2 heteroatoms. The minimum atomic E-state index is 0.253. The number of rotatable bonds is 5. The first-order chi connectivity index (χ1) is 8.22. The summed E-state index contributed by atoms with van der Waals surface area (Å²) in [6.07, 6.45) is 6.05. The van der Waals surface area contributed by atoms with Crippen LogP contribution in [0.3, 0.4) is 0 Å². The number of benzene rings is 1. The zero-order valence-corrected chi connectivity index (χ0v) is 10.7. The lowest BCUT2D eigenvalue weighted by Crippen LogP contribution is -2.06. The normalized spacial score (nSPS) is 13.9. The number of carbonyl (C=O) groups is 1. The molecule has 0 aliphatic carbocycles. The molecule has 0 fully saturated rings. The Morgan fingerprint density at radius 2 is 2.00 bits per heavy atom. The fourth-order valence-corrected chi connectivity index (χ4v) is 1.69. The molecule has 0 aliphatic rings. The molecule has 0 aromatic heterocycles. The van der Waals surface area contributed by atoms with Crippen LogP contribution in [0.1, 0.15) is 42.1 Å². The average molecular weight is 229 g/mol. The van der Waals surface area contributed by atoms with E-state index in [9.17, 15) is 4.79 Å². The van der Waals surface area contributed by atoms with Crippen LogP contribution >= 0.6 is 0 Å². The molecule has 1 aromatic carbocycles. The third-order valence-corrected chi connectivity index (χ3v) is 2.80. The number of aldehydes is 1. The minimum Gasteiger partial charge on any atom is -0.298 e. The number of hydrogen-bond acceptors (Lipinski definition) is 2. The van der Waals surface area contributed by atoms with E-state index in [1.165, 1.54) is 5.56 Å². The molecule has 1 aromatic rings. The maximum Gasteiger partial charge on any atom is 0.150 e. The van der Waals surface area contributed by atoms with Crippen LogP contribution in [0.2, 0.25) is 0 Å². The van der Waals surface area contributed by atoms with Gasteiger partial charge in [0.2, 0.25) is 0 Å². The standard InChI is InChI=1S/C15H19NO/c1-4-5-6-15(16-3)12(2)14-9-7-13(11-17)8-10-14/h5-12H,4H2,1-3H3/b6-5-,16-15?. The highest BCUT2D eigenvalue weighted by molar-refractivity contribution is 5.99. The van der Waals surface area contributed by atoms with Gasteiger partial charge in [-0.25, -0.2) is 0 Å². The molecule has 0 radical (unpaired) electrons. The summed E-state index contributed by atoms with van der Waals surface area (Å²) in [4.78, 5) is 14.9. The van der Waals surface area contributed by atoms with E-state index in [1.807, 2.05) is 31.3 Å². The Hall–Kier alpha value is -1.70. The molecule has 0 saturated heterocycles. The maximum absolute atomic E-state index is 10.6. The number of allylic oxidation sites excluding steroid dienone is 2. The van der Waals surface area contributed by atoms with E-state index in [-0.39, 0.29) is 5.92 Å². The first-order valence-corrected chi connectivity index (χ1v) is 5.91. The predicted molar refractivity (Wildman–Crippen MR) is 73.0 cm³/mol. The Labute approximate surface area is 103 Å². The van der Waals surface area contributed by atoms with Crippen LogP contribution in [-0.4, -0.2) is 19.0 Å². The first-order valence-electron chi connectivity index (χ1n) is 5.91. The van der Waals surface area contributed by atoms with Crippen molar-refractivity contribution in [2.45, 2.75) is 26.2 Å². The zero-order chi connectivity index (χ0) is 12.7. The number of nitrogens with zero attached hydrogens (tertiary/aromatic N) is 1. The van der Waals surface area contributed by atoms with Crippen molar-refractivity contribution in [2.24, 2.45) is 4.99 Å². The summed E-state index contributed by atoms with van der Waals surface area (Å²) in [6, 6.07) is 7.66. The second kappa shape index (κ2) is 6.79. The van der Waals surface area contributed by atoms with E-state index in [0.29, 0.717) is 5.56 Å². The van der Waals surface area contributed by atoms with Gasteiger partial charge < -0.3 is 0 Å². The minimum absolute atomic E-state index is 0.253. The monoisotopic (exact) mass is 229 g/mol. The van der Waals surface area contributed by atoms with Gasteiger partial charge in [-0.05, 0) is 18.1 Å². The molecule has 1 rings (SSSR count). The van der Waals surface area contributed by atoms with E-state index in [1.54, 1.807) is 0 Å². The maximum atomic E-state index is 10.6. The highest BCUT2D eigenvalue weighted by Gasteiger charge is 2.09. The molecule has 0 heterocycles. The molecule has 90 valence electrons. The van der Waals surface area contributed by atoms with Crippen molar-refractivity contribution in [1.82, 2.24) is 0 Å². The van der Waals surface area contributed by atoms with Gasteiger partial charge in [-0.2, -0.15) is 0 Å². The summed E-state index contributed by atoms with van der Waals surface area (Å²) in [7, 11) is 1.81. The largest absolute Gasteiger partial charge is 0.298 e. The SMILES string of the molecule is CC/C=C\C(=NC)C(C)c1ccc(C=O)cc1. The van der Waals surface area contributed by atoms with E-state index in [0.717, 1.165) is 18.4 Å². The molecule has 0 N–H and O–H groups in total. The first kappa shape index (κ1) is 13.4. The Bertz CT molecular complexity index is 415. The number of carbonyl (C=O) groups excluding carboxylic acids is 1. The molecule has 1 unspecified atom stereocenters. The summed E-state index contributed by atoms with van der Waals surface area (Å²) in [5, 5.41) is 0. The van der Waals surface area contributed by atoms with Crippen molar-refractivity contribution in [2.75, 3.05) is 7.05 Å². The molecule has 17 heavy (non-hydrogen) atoms. The molecular weight excluding hydrogens is 210 g/mol. The van der Waals surface area contributed by atoms with E-state index >= 15 is 0 Å². The average Bonchev–Trinajstić information content (AvgIpc) is 2.39. The molecule has 0 spiro atoms. The van der Waals surface area contributed by atoms with Crippen LogP contribution in [0.25, 0.3) is 0 Å². The Morgan fingerprint density at radius 1 is 1.35 bits per heavy atom. The van der Waals surface area contributed by atoms with E-state index < -0.39 is 0 Å². The van der Waals surface area contributed by atoms with Crippen molar-refractivity contribution in [3.8, 4) is 0 Å². The summed E-state index contributed by atoms with van der Waals surface area (Å²) < 4.78 is 0. The second-order valence-corrected chi connectivity index (χ2v) is 3.97. The fraction of sp³-hybridized carbons (Fsp3) is 0.333. The topological polar surface area (TPSA) is 29.4 Å². The third-order valence-electron chi connectivity index (χ3n) is 2.80. The zero-order valence-electron chi connectivity index (χ0n) is 10.7.